The molecule has 1 saturated carbocycles. The number of nitrogens with one attached hydrogen (secondary N) is 3. The van der Waals surface area contributed by atoms with Crippen molar-refractivity contribution >= 4 is 43.5 Å². The van der Waals surface area contributed by atoms with Gasteiger partial charge in [-0.15, -0.1) is 0 Å². The second-order valence-corrected chi connectivity index (χ2v) is 15.5. The van der Waals surface area contributed by atoms with Gasteiger partial charge < -0.3 is 0 Å². The Morgan fingerprint density at radius 3 is 2.37 bits per heavy atom. The van der Waals surface area contributed by atoms with Gasteiger partial charge in [-0.1, -0.05) is 6.07 Å². The maximum absolute atomic E-state index is 13.5. The molecule has 15 heteroatoms. The van der Waals surface area contributed by atoms with Crippen LogP contribution >= 0.6 is 0 Å². The molecule has 5 rings (SSSR count). The van der Waals surface area contributed by atoms with E-state index in [2.05, 4.69) is 16.0 Å². The minimum atomic E-state index is -1.45. The normalized spacial score (nSPS) is 29.3. The molecule has 276 valence electrons. The quantitative estimate of drug-likeness (QED) is 0.0836. The first-order valence-corrected chi connectivity index (χ1v) is 18.7. The summed E-state index contributed by atoms with van der Waals surface area (Å²) in [6.45, 7) is 0.443. The molecule has 1 aliphatic carbocycles. The second-order valence-electron chi connectivity index (χ2n) is 12.8. The van der Waals surface area contributed by atoms with Crippen molar-refractivity contribution in [2.24, 2.45) is 5.92 Å². The average molecular weight is 777 g/mol. The van der Waals surface area contributed by atoms with Gasteiger partial charge in [-0.05, 0) is 6.07 Å². The summed E-state index contributed by atoms with van der Waals surface area (Å²) < 4.78 is 25.4. The summed E-state index contributed by atoms with van der Waals surface area (Å²) in [5.41, 5.74) is 0.819. The van der Waals surface area contributed by atoms with Crippen molar-refractivity contribution in [3.05, 3.63) is 83.7 Å². The Bertz CT molecular complexity index is 1670. The summed E-state index contributed by atoms with van der Waals surface area (Å²) in [4.78, 5) is 37.2. The van der Waals surface area contributed by atoms with E-state index in [1.54, 1.807) is 24.3 Å². The van der Waals surface area contributed by atoms with Crippen LogP contribution in [0.2, 0.25) is 4.82 Å². The van der Waals surface area contributed by atoms with E-state index >= 15 is 0 Å². The van der Waals surface area contributed by atoms with Gasteiger partial charge in [-0.25, -0.2) is 4.39 Å². The number of fused-ring (bicyclic) bond motifs is 1. The molecule has 1 heterocycles. The second kappa shape index (κ2) is 17.8. The number of rotatable bonds is 13. The molecule has 8 N–H and O–H groups in total. The first-order chi connectivity index (χ1) is 24.5. The van der Waals surface area contributed by atoms with Crippen LogP contribution < -0.4 is 16.0 Å². The number of amides is 3. The third-order valence-corrected chi connectivity index (χ3v) is 12.6. The van der Waals surface area contributed by atoms with Crippen molar-refractivity contribution in [1.82, 2.24) is 16.0 Å². The monoisotopic (exact) mass is 777 g/mol. The average Bonchev–Trinajstić information content (AvgIpc) is 3.11. The number of aliphatic hydroxyl groups is 5. The number of carbonyl (C=O) groups excluding carboxylic acids is 3. The van der Waals surface area contributed by atoms with Crippen LogP contribution in [0, 0.1) is 11.7 Å². The molecule has 2 fully saturated rings. The molecule has 0 aromatic heterocycles. The van der Waals surface area contributed by atoms with E-state index in [4.69, 9.17) is 9.47 Å². The number of benzene rings is 3. The van der Waals surface area contributed by atoms with Crippen LogP contribution in [0.25, 0.3) is 10.8 Å². The van der Waals surface area contributed by atoms with Gasteiger partial charge in [-0.3, -0.25) is 0 Å². The zero-order chi connectivity index (χ0) is 36.7. The van der Waals surface area contributed by atoms with E-state index in [0.717, 1.165) is 10.8 Å². The Kier molecular flexibility index (Phi) is 13.5. The molecule has 0 spiro atoms. The third-order valence-electron chi connectivity index (χ3n) is 9.20. The molecule has 1 saturated heterocycles. The van der Waals surface area contributed by atoms with Crippen LogP contribution in [0.15, 0.2) is 66.7 Å². The van der Waals surface area contributed by atoms with Gasteiger partial charge in [-0.2, -0.15) is 0 Å². The van der Waals surface area contributed by atoms with Crippen LogP contribution in [0.4, 0.5) is 4.39 Å². The van der Waals surface area contributed by atoms with Gasteiger partial charge in [0.2, 0.25) is 0 Å². The topological polar surface area (TPSA) is 207 Å². The summed E-state index contributed by atoms with van der Waals surface area (Å²) in [5.74, 6) is -2.32. The Morgan fingerprint density at radius 2 is 1.67 bits per heavy atom. The molecule has 3 aromatic rings. The van der Waals surface area contributed by atoms with E-state index in [1.807, 2.05) is 24.3 Å². The molecular formula is C36H44FN3O10Se. The van der Waals surface area contributed by atoms with E-state index in [1.165, 1.54) is 25.1 Å². The summed E-state index contributed by atoms with van der Waals surface area (Å²) in [5, 5.41) is 63.4. The molecule has 0 radical (unpaired) electrons. The Labute approximate surface area is 300 Å². The van der Waals surface area contributed by atoms with E-state index < -0.39 is 97.5 Å². The summed E-state index contributed by atoms with van der Waals surface area (Å²) in [7, 11) is 0. The number of carbonyl (C=O) groups is 3. The fraction of sp³-hybridized carbons (Fsp3) is 0.472. The summed E-state index contributed by atoms with van der Waals surface area (Å²) in [6.07, 6.45) is -5.87. The number of halogens is 1. The maximum atomic E-state index is 13.5. The summed E-state index contributed by atoms with van der Waals surface area (Å²) in [6, 6.07) is 16.2. The molecule has 1 aliphatic heterocycles. The molecule has 3 aromatic carbocycles. The van der Waals surface area contributed by atoms with Crippen molar-refractivity contribution in [1.29, 1.82) is 0 Å². The zero-order valence-electron chi connectivity index (χ0n) is 27.9. The van der Waals surface area contributed by atoms with E-state index in [-0.39, 0.29) is 38.5 Å². The molecule has 0 bridgehead atoms. The molecule has 2 unspecified atom stereocenters. The van der Waals surface area contributed by atoms with Gasteiger partial charge in [0.25, 0.3) is 0 Å². The van der Waals surface area contributed by atoms with Gasteiger partial charge >= 0.3 is 279 Å². The van der Waals surface area contributed by atoms with Crippen molar-refractivity contribution in [3.8, 4) is 0 Å². The third kappa shape index (κ3) is 9.69. The first-order valence-electron chi connectivity index (χ1n) is 16.8. The summed E-state index contributed by atoms with van der Waals surface area (Å²) >= 11 is -0.821. The van der Waals surface area contributed by atoms with E-state index in [0.29, 0.717) is 11.1 Å². The van der Waals surface area contributed by atoms with Crippen LogP contribution in [0.1, 0.15) is 29.3 Å². The van der Waals surface area contributed by atoms with Gasteiger partial charge in [0.05, 0.1) is 0 Å². The predicted molar refractivity (Wildman–Crippen MR) is 184 cm³/mol. The number of ether oxygens (including phenoxy) is 2. The first kappa shape index (κ1) is 38.7. The Balaban J connectivity index is 1.24. The van der Waals surface area contributed by atoms with E-state index in [9.17, 15) is 44.3 Å². The molecule has 3 amide bonds. The fourth-order valence-electron chi connectivity index (χ4n) is 6.62. The Hall–Kier alpha value is -3.50. The Morgan fingerprint density at radius 1 is 0.902 bits per heavy atom. The van der Waals surface area contributed by atoms with Crippen LogP contribution in [0.3, 0.4) is 0 Å². The molecule has 13 nitrogen and oxygen atoms in total. The number of hydrogen-bond acceptors (Lipinski definition) is 10. The van der Waals surface area contributed by atoms with Crippen molar-refractivity contribution in [3.63, 3.8) is 0 Å². The molecule has 51 heavy (non-hydrogen) atoms. The number of aliphatic hydroxyl groups excluding tert-OH is 5. The van der Waals surface area contributed by atoms with Crippen LogP contribution in [-0.4, -0.2) is 132 Å². The molecule has 2 aliphatic rings. The number of hydrogen-bond donors (Lipinski definition) is 8. The SMILES string of the molecule is CC(=O)N[C@H]1[C@H](OCCNC(=O)Cc2cccc(F)c2)C[C@H](CO)C([Se]C2O[C@H](CO)[C@H](O)[C@@H](NC(=O)c3ccc4ccccc4c3)[C@H]2O)[C@@H]1O. The van der Waals surface area contributed by atoms with Gasteiger partial charge in [0.1, 0.15) is 5.82 Å². The fourth-order valence-corrected chi connectivity index (χ4v) is 9.97. The molecular weight excluding hydrogens is 732 g/mol. The van der Waals surface area contributed by atoms with Crippen molar-refractivity contribution < 1.29 is 53.8 Å². The van der Waals surface area contributed by atoms with Crippen LogP contribution in [0.5, 0.6) is 0 Å². The zero-order valence-corrected chi connectivity index (χ0v) is 29.6. The predicted octanol–water partition coefficient (Wildman–Crippen LogP) is -0.369. The van der Waals surface area contributed by atoms with Crippen molar-refractivity contribution in [2.75, 3.05) is 26.4 Å². The minimum absolute atomic E-state index is 0.0232. The van der Waals surface area contributed by atoms with Crippen LogP contribution in [-0.2, 0) is 25.5 Å². The van der Waals surface area contributed by atoms with Gasteiger partial charge in [0.15, 0.2) is 0 Å². The standard InChI is InChI=1S/C36H44FN3O10Se/c1-19(43)39-29-26(49-12-11-38-28(44)14-20-5-4-8-25(37)13-20)16-24(17-41)34(32(29)46)51-36-33(47)30(31(45)27(18-42)50-36)40-35(48)23-10-9-21-6-2-3-7-22(21)15-23/h2-10,13,15,24,26-27,29-34,36,41-42,45-47H,11-12,14,16-18H2,1H3,(H,38,44)(H,39,43)(H,40,48)/t24-,26-,27-,29+,30-,31+,32-,33-,34?,36?/m1/s1. The van der Waals surface area contributed by atoms with Gasteiger partial charge in [0, 0.05) is 0 Å². The molecule has 10 atom stereocenters. The van der Waals surface area contributed by atoms with Crippen molar-refractivity contribution in [2.45, 2.75) is 72.2 Å².